The number of rotatable bonds is 5. The van der Waals surface area contributed by atoms with Crippen molar-refractivity contribution in [1.82, 2.24) is 14.9 Å². The van der Waals surface area contributed by atoms with Crippen molar-refractivity contribution in [1.29, 1.82) is 0 Å². The van der Waals surface area contributed by atoms with E-state index >= 15 is 0 Å². The van der Waals surface area contributed by atoms with Crippen molar-refractivity contribution in [3.63, 3.8) is 0 Å². The lowest BCUT2D eigenvalue weighted by atomic mass is 10.1. The van der Waals surface area contributed by atoms with E-state index in [1.807, 2.05) is 31.4 Å². The van der Waals surface area contributed by atoms with Crippen LogP contribution in [0.5, 0.6) is 0 Å². The molecule has 5 nitrogen and oxygen atoms in total. The predicted octanol–water partition coefficient (Wildman–Crippen LogP) is 4.02. The molecule has 0 aliphatic heterocycles. The van der Waals surface area contributed by atoms with Crippen LogP contribution in [0.15, 0.2) is 40.5 Å². The van der Waals surface area contributed by atoms with Gasteiger partial charge in [-0.15, -0.1) is 11.3 Å². The third kappa shape index (κ3) is 3.43. The summed E-state index contributed by atoms with van der Waals surface area (Å²) < 4.78 is 1.86. The maximum atomic E-state index is 12.6. The molecule has 3 aromatic rings. The Morgan fingerprint density at radius 2 is 2.16 bits per heavy atom. The molecule has 0 radical (unpaired) electrons. The number of H-pyrrole nitrogens is 1. The first-order valence-corrected chi connectivity index (χ1v) is 9.45. The van der Waals surface area contributed by atoms with Gasteiger partial charge < -0.3 is 10.3 Å². The SMILES string of the molecule is CC[C@@H](NC(=O)c1ccc2c(=O)n(CC)c(=S)[nH]c2c1)c1cccs1. The number of aromatic nitrogens is 2. The van der Waals surface area contributed by atoms with E-state index in [0.29, 0.717) is 27.8 Å². The van der Waals surface area contributed by atoms with Crippen LogP contribution in [0.1, 0.15) is 41.5 Å². The highest BCUT2D eigenvalue weighted by Crippen LogP contribution is 2.22. The van der Waals surface area contributed by atoms with Gasteiger partial charge in [0.05, 0.1) is 16.9 Å². The highest BCUT2D eigenvalue weighted by Gasteiger charge is 2.16. The Balaban J connectivity index is 1.95. The zero-order valence-corrected chi connectivity index (χ0v) is 15.7. The second-order valence-corrected chi connectivity index (χ2v) is 7.06. The Morgan fingerprint density at radius 1 is 1.36 bits per heavy atom. The Bertz CT molecular complexity index is 1020. The van der Waals surface area contributed by atoms with E-state index in [1.165, 1.54) is 4.57 Å². The van der Waals surface area contributed by atoms with Crippen molar-refractivity contribution in [2.24, 2.45) is 0 Å². The molecule has 0 saturated carbocycles. The molecule has 25 heavy (non-hydrogen) atoms. The van der Waals surface area contributed by atoms with Crippen LogP contribution in [-0.4, -0.2) is 15.5 Å². The van der Waals surface area contributed by atoms with Gasteiger partial charge in [0.1, 0.15) is 0 Å². The van der Waals surface area contributed by atoms with Gasteiger partial charge in [0.25, 0.3) is 11.5 Å². The van der Waals surface area contributed by atoms with Crippen molar-refractivity contribution in [3.8, 4) is 0 Å². The molecule has 0 unspecified atom stereocenters. The Hall–Kier alpha value is -2.25. The van der Waals surface area contributed by atoms with E-state index in [2.05, 4.69) is 10.3 Å². The van der Waals surface area contributed by atoms with Gasteiger partial charge in [-0.1, -0.05) is 13.0 Å². The molecule has 1 amide bonds. The molecule has 3 rings (SSSR count). The van der Waals surface area contributed by atoms with Crippen LogP contribution < -0.4 is 10.9 Å². The van der Waals surface area contributed by atoms with Crippen molar-refractivity contribution in [2.75, 3.05) is 0 Å². The van der Waals surface area contributed by atoms with Gasteiger partial charge >= 0.3 is 0 Å². The summed E-state index contributed by atoms with van der Waals surface area (Å²) in [5, 5.41) is 5.57. The van der Waals surface area contributed by atoms with Crippen LogP contribution in [-0.2, 0) is 6.54 Å². The van der Waals surface area contributed by atoms with Crippen molar-refractivity contribution in [3.05, 3.63) is 61.3 Å². The van der Waals surface area contributed by atoms with Crippen molar-refractivity contribution < 1.29 is 4.79 Å². The molecular weight excluding hydrogens is 354 g/mol. The van der Waals surface area contributed by atoms with Crippen LogP contribution >= 0.6 is 23.6 Å². The lowest BCUT2D eigenvalue weighted by molar-refractivity contribution is 0.0936. The van der Waals surface area contributed by atoms with E-state index in [9.17, 15) is 9.59 Å². The molecule has 130 valence electrons. The quantitative estimate of drug-likeness (QED) is 0.664. The molecule has 0 aliphatic carbocycles. The third-order valence-corrected chi connectivity index (χ3v) is 5.47. The molecule has 0 spiro atoms. The van der Waals surface area contributed by atoms with Crippen LogP contribution in [0, 0.1) is 4.77 Å². The summed E-state index contributed by atoms with van der Waals surface area (Å²) >= 11 is 6.85. The number of benzene rings is 1. The first kappa shape index (κ1) is 17.6. The molecule has 0 fully saturated rings. The van der Waals surface area contributed by atoms with Crippen LogP contribution in [0.2, 0.25) is 0 Å². The van der Waals surface area contributed by atoms with Gasteiger partial charge in [-0.05, 0) is 55.2 Å². The van der Waals surface area contributed by atoms with E-state index in [-0.39, 0.29) is 17.5 Å². The fourth-order valence-corrected chi connectivity index (χ4v) is 3.97. The largest absolute Gasteiger partial charge is 0.344 e. The molecular formula is C18H19N3O2S2. The summed E-state index contributed by atoms with van der Waals surface area (Å²) in [5.74, 6) is -0.166. The smallest absolute Gasteiger partial charge is 0.262 e. The molecule has 0 aliphatic rings. The summed E-state index contributed by atoms with van der Waals surface area (Å²) in [7, 11) is 0. The summed E-state index contributed by atoms with van der Waals surface area (Å²) in [6.07, 6.45) is 0.809. The van der Waals surface area contributed by atoms with E-state index in [4.69, 9.17) is 12.2 Å². The number of fused-ring (bicyclic) bond motifs is 1. The fourth-order valence-electron chi connectivity index (χ4n) is 2.79. The molecule has 0 saturated heterocycles. The highest BCUT2D eigenvalue weighted by molar-refractivity contribution is 7.71. The van der Waals surface area contributed by atoms with Crippen molar-refractivity contribution in [2.45, 2.75) is 32.9 Å². The second-order valence-electron chi connectivity index (χ2n) is 5.69. The molecule has 7 heteroatoms. The Kier molecular flexibility index (Phi) is 5.15. The lowest BCUT2D eigenvalue weighted by Crippen LogP contribution is -2.28. The van der Waals surface area contributed by atoms with Crippen LogP contribution in [0.3, 0.4) is 0 Å². The topological polar surface area (TPSA) is 66.9 Å². The summed E-state index contributed by atoms with van der Waals surface area (Å²) in [5.41, 5.74) is 0.941. The average Bonchev–Trinajstić information content (AvgIpc) is 3.13. The molecule has 2 N–H and O–H groups in total. The number of carbonyl (C=O) groups is 1. The minimum Gasteiger partial charge on any atom is -0.344 e. The summed E-state index contributed by atoms with van der Waals surface area (Å²) in [4.78, 5) is 29.2. The average molecular weight is 374 g/mol. The first-order chi connectivity index (χ1) is 12.0. The maximum absolute atomic E-state index is 12.6. The summed E-state index contributed by atoms with van der Waals surface area (Å²) in [6, 6.07) is 9.01. The Morgan fingerprint density at radius 3 is 2.80 bits per heavy atom. The molecule has 0 bridgehead atoms. The number of aromatic amines is 1. The third-order valence-electron chi connectivity index (χ3n) is 4.16. The predicted molar refractivity (Wildman–Crippen MR) is 104 cm³/mol. The fraction of sp³-hybridized carbons (Fsp3) is 0.278. The number of carbonyl (C=O) groups excluding carboxylic acids is 1. The van der Waals surface area contributed by atoms with E-state index in [0.717, 1.165) is 11.3 Å². The van der Waals surface area contributed by atoms with Crippen LogP contribution in [0.4, 0.5) is 0 Å². The van der Waals surface area contributed by atoms with Gasteiger partial charge in [-0.25, -0.2) is 0 Å². The number of thiophene rings is 1. The standard InChI is InChI=1S/C18H19N3O2S2/c1-3-13(15-6-5-9-25-15)19-16(22)11-7-8-12-14(10-11)20-18(24)21(4-2)17(12)23/h5-10,13H,3-4H2,1-2H3,(H,19,22)(H,20,24)/t13-/m1/s1. The number of nitrogens with zero attached hydrogens (tertiary/aromatic N) is 1. The number of hydrogen-bond donors (Lipinski definition) is 2. The summed E-state index contributed by atoms with van der Waals surface area (Å²) in [6.45, 7) is 4.41. The molecule has 1 aromatic carbocycles. The van der Waals surface area contributed by atoms with Gasteiger partial charge in [-0.3, -0.25) is 14.2 Å². The van der Waals surface area contributed by atoms with Gasteiger partial charge in [0.2, 0.25) is 0 Å². The Labute approximate surface area is 154 Å². The van der Waals surface area contributed by atoms with Gasteiger partial charge in [0, 0.05) is 17.0 Å². The number of hydrogen-bond acceptors (Lipinski definition) is 4. The van der Waals surface area contributed by atoms with Crippen LogP contribution in [0.25, 0.3) is 10.9 Å². The molecule has 1 atom stereocenters. The normalized spacial score (nSPS) is 12.2. The van der Waals surface area contributed by atoms with Gasteiger partial charge in [0.15, 0.2) is 4.77 Å². The monoisotopic (exact) mass is 373 g/mol. The maximum Gasteiger partial charge on any atom is 0.262 e. The highest BCUT2D eigenvalue weighted by atomic mass is 32.1. The second kappa shape index (κ2) is 7.33. The van der Waals surface area contributed by atoms with Gasteiger partial charge in [-0.2, -0.15) is 0 Å². The molecule has 2 heterocycles. The van der Waals surface area contributed by atoms with Crippen molar-refractivity contribution >= 4 is 40.4 Å². The zero-order chi connectivity index (χ0) is 18.0. The molecule has 2 aromatic heterocycles. The number of nitrogens with one attached hydrogen (secondary N) is 2. The number of amides is 1. The van der Waals surface area contributed by atoms with E-state index in [1.54, 1.807) is 29.5 Å². The first-order valence-electron chi connectivity index (χ1n) is 8.16. The lowest BCUT2D eigenvalue weighted by Gasteiger charge is -2.15. The zero-order valence-electron chi connectivity index (χ0n) is 14.0. The minimum atomic E-state index is -0.166. The van der Waals surface area contributed by atoms with E-state index < -0.39 is 0 Å². The minimum absolute atomic E-state index is 0.0187.